The molecule has 0 spiro atoms. The minimum absolute atomic E-state index is 0.275. The van der Waals surface area contributed by atoms with Gasteiger partial charge in [0.15, 0.2) is 6.40 Å². The van der Waals surface area contributed by atoms with E-state index in [2.05, 4.69) is 4.99 Å². The van der Waals surface area contributed by atoms with Gasteiger partial charge in [0.25, 0.3) is 5.91 Å². The highest BCUT2D eigenvalue weighted by Gasteiger charge is 2.24. The lowest BCUT2D eigenvalue weighted by atomic mass is 10.1. The van der Waals surface area contributed by atoms with Gasteiger partial charge in [-0.05, 0) is 17.7 Å². The minimum Gasteiger partial charge on any atom is -0.489 e. The second-order valence-electron chi connectivity index (χ2n) is 4.43. The molecule has 3 rings (SSSR count). The molecule has 4 nitrogen and oxygen atoms in total. The van der Waals surface area contributed by atoms with Crippen LogP contribution in [0.4, 0.5) is 0 Å². The number of aliphatic imine (C=N–C) groups is 1. The smallest absolute Gasteiger partial charge is 0.294 e. The maximum Gasteiger partial charge on any atom is 0.294 e. The van der Waals surface area contributed by atoms with Crippen LogP contribution in [-0.4, -0.2) is 12.3 Å². The summed E-state index contributed by atoms with van der Waals surface area (Å²) in [5.74, 6) is 0.479. The van der Waals surface area contributed by atoms with Crippen LogP contribution < -0.4 is 4.74 Å². The van der Waals surface area contributed by atoms with Crippen LogP contribution in [0.25, 0.3) is 0 Å². The SMILES string of the molecule is O=C1N=COC1c1ccc(OCc2ccccc2)cc1. The molecule has 2 aromatic rings. The highest BCUT2D eigenvalue weighted by Crippen LogP contribution is 2.24. The van der Waals surface area contributed by atoms with E-state index in [0.29, 0.717) is 6.61 Å². The number of hydrogen-bond acceptors (Lipinski definition) is 3. The van der Waals surface area contributed by atoms with Gasteiger partial charge in [0.05, 0.1) is 0 Å². The maximum atomic E-state index is 11.4. The number of amides is 1. The van der Waals surface area contributed by atoms with Crippen LogP contribution in [0.1, 0.15) is 17.2 Å². The first-order valence-electron chi connectivity index (χ1n) is 6.31. The average molecular weight is 267 g/mol. The Bertz CT molecular complexity index is 620. The lowest BCUT2D eigenvalue weighted by Crippen LogP contribution is -2.06. The summed E-state index contributed by atoms with van der Waals surface area (Å²) in [5.41, 5.74) is 1.89. The molecule has 0 saturated heterocycles. The van der Waals surface area contributed by atoms with Crippen molar-refractivity contribution in [1.82, 2.24) is 0 Å². The molecule has 2 aromatic carbocycles. The molecular formula is C16H13NO3. The second kappa shape index (κ2) is 5.57. The molecule has 0 radical (unpaired) electrons. The van der Waals surface area contributed by atoms with E-state index in [9.17, 15) is 4.79 Å². The predicted octanol–water partition coefficient (Wildman–Crippen LogP) is 2.89. The fraction of sp³-hybridized carbons (Fsp3) is 0.125. The first-order valence-corrected chi connectivity index (χ1v) is 6.31. The van der Waals surface area contributed by atoms with Gasteiger partial charge in [-0.15, -0.1) is 0 Å². The Hall–Kier alpha value is -2.62. The highest BCUT2D eigenvalue weighted by atomic mass is 16.5. The van der Waals surface area contributed by atoms with Crippen molar-refractivity contribution in [2.75, 3.05) is 0 Å². The van der Waals surface area contributed by atoms with Gasteiger partial charge in [-0.25, -0.2) is 0 Å². The number of carbonyl (C=O) groups is 1. The van der Waals surface area contributed by atoms with Gasteiger partial charge in [-0.2, -0.15) is 4.99 Å². The molecule has 0 aliphatic carbocycles. The summed E-state index contributed by atoms with van der Waals surface area (Å²) in [7, 11) is 0. The van der Waals surface area contributed by atoms with Gasteiger partial charge < -0.3 is 9.47 Å². The molecule has 1 aliphatic heterocycles. The van der Waals surface area contributed by atoms with E-state index in [1.165, 1.54) is 6.40 Å². The molecule has 0 aromatic heterocycles. The summed E-state index contributed by atoms with van der Waals surface area (Å²) in [6.45, 7) is 0.516. The third-order valence-corrected chi connectivity index (χ3v) is 3.03. The topological polar surface area (TPSA) is 47.9 Å². The molecule has 4 heteroatoms. The van der Waals surface area contributed by atoms with E-state index in [0.717, 1.165) is 16.9 Å². The van der Waals surface area contributed by atoms with Crippen LogP contribution in [0.2, 0.25) is 0 Å². The summed E-state index contributed by atoms with van der Waals surface area (Å²) >= 11 is 0. The van der Waals surface area contributed by atoms with Gasteiger partial charge in [0.2, 0.25) is 6.10 Å². The molecule has 1 amide bonds. The standard InChI is InChI=1S/C16H13NO3/c18-16-15(20-11-17-16)13-6-8-14(9-7-13)19-10-12-4-2-1-3-5-12/h1-9,11,15H,10H2. The van der Waals surface area contributed by atoms with Crippen LogP contribution in [0.15, 0.2) is 59.6 Å². The lowest BCUT2D eigenvalue weighted by molar-refractivity contribution is -0.122. The fourth-order valence-electron chi connectivity index (χ4n) is 1.97. The first kappa shape index (κ1) is 12.4. The Labute approximate surface area is 116 Å². The third-order valence-electron chi connectivity index (χ3n) is 3.03. The van der Waals surface area contributed by atoms with Crippen molar-refractivity contribution in [2.45, 2.75) is 12.7 Å². The van der Waals surface area contributed by atoms with Crippen LogP contribution in [0.3, 0.4) is 0 Å². The van der Waals surface area contributed by atoms with E-state index in [-0.39, 0.29) is 5.91 Å². The van der Waals surface area contributed by atoms with Gasteiger partial charge >= 0.3 is 0 Å². The van der Waals surface area contributed by atoms with Gasteiger partial charge in [-0.3, -0.25) is 4.79 Å². The van der Waals surface area contributed by atoms with E-state index in [4.69, 9.17) is 9.47 Å². The summed E-state index contributed by atoms with van der Waals surface area (Å²) in [6, 6.07) is 17.2. The average Bonchev–Trinajstić information content (AvgIpc) is 2.93. The fourth-order valence-corrected chi connectivity index (χ4v) is 1.97. The van der Waals surface area contributed by atoms with Crippen LogP contribution in [-0.2, 0) is 16.1 Å². The second-order valence-corrected chi connectivity index (χ2v) is 4.43. The molecule has 1 heterocycles. The zero-order valence-electron chi connectivity index (χ0n) is 10.7. The minimum atomic E-state index is -0.613. The predicted molar refractivity (Wildman–Crippen MR) is 74.5 cm³/mol. The van der Waals surface area contributed by atoms with Gasteiger partial charge in [0.1, 0.15) is 12.4 Å². The van der Waals surface area contributed by atoms with Crippen molar-refractivity contribution in [3.05, 3.63) is 65.7 Å². The third kappa shape index (κ3) is 2.69. The summed E-state index contributed by atoms with van der Waals surface area (Å²) in [6.07, 6.45) is 0.575. The molecule has 0 bridgehead atoms. The first-order chi connectivity index (χ1) is 9.83. The van der Waals surface area contributed by atoms with Crippen molar-refractivity contribution in [2.24, 2.45) is 4.99 Å². The van der Waals surface area contributed by atoms with Gasteiger partial charge in [0, 0.05) is 5.56 Å². The number of hydrogen-bond donors (Lipinski definition) is 0. The van der Waals surface area contributed by atoms with E-state index in [1.807, 2.05) is 54.6 Å². The monoisotopic (exact) mass is 267 g/mol. The Morgan fingerprint density at radius 1 is 1.05 bits per heavy atom. The number of carbonyl (C=O) groups excluding carboxylic acids is 1. The summed E-state index contributed by atoms with van der Waals surface area (Å²) in [4.78, 5) is 15.0. The molecule has 0 saturated carbocycles. The largest absolute Gasteiger partial charge is 0.489 e. The highest BCUT2D eigenvalue weighted by molar-refractivity contribution is 5.92. The van der Waals surface area contributed by atoms with Gasteiger partial charge in [-0.1, -0.05) is 42.5 Å². The van der Waals surface area contributed by atoms with E-state index >= 15 is 0 Å². The molecule has 0 fully saturated rings. The molecule has 0 N–H and O–H groups in total. The summed E-state index contributed by atoms with van der Waals surface area (Å²) < 4.78 is 10.8. The Morgan fingerprint density at radius 3 is 2.45 bits per heavy atom. The van der Waals surface area contributed by atoms with E-state index in [1.54, 1.807) is 0 Å². The van der Waals surface area contributed by atoms with Crippen LogP contribution in [0, 0.1) is 0 Å². The van der Waals surface area contributed by atoms with Crippen molar-refractivity contribution in [3.63, 3.8) is 0 Å². The molecular weight excluding hydrogens is 254 g/mol. The number of rotatable bonds is 4. The lowest BCUT2D eigenvalue weighted by Gasteiger charge is -2.10. The van der Waals surface area contributed by atoms with Crippen molar-refractivity contribution >= 4 is 12.3 Å². The molecule has 1 aliphatic rings. The van der Waals surface area contributed by atoms with Crippen molar-refractivity contribution in [3.8, 4) is 5.75 Å². The molecule has 100 valence electrons. The summed E-state index contributed by atoms with van der Waals surface area (Å²) in [5, 5.41) is 0. The quantitative estimate of drug-likeness (QED) is 0.855. The zero-order valence-corrected chi connectivity index (χ0v) is 10.7. The Balaban J connectivity index is 1.63. The maximum absolute atomic E-state index is 11.4. The van der Waals surface area contributed by atoms with Crippen LogP contribution >= 0.6 is 0 Å². The molecule has 1 atom stereocenters. The molecule has 20 heavy (non-hydrogen) atoms. The molecule has 1 unspecified atom stereocenters. The number of ether oxygens (including phenoxy) is 2. The Kier molecular flexibility index (Phi) is 3.46. The van der Waals surface area contributed by atoms with E-state index < -0.39 is 6.10 Å². The normalized spacial score (nSPS) is 17.0. The number of nitrogens with zero attached hydrogens (tertiary/aromatic N) is 1. The number of benzene rings is 2. The van der Waals surface area contributed by atoms with Crippen molar-refractivity contribution in [1.29, 1.82) is 0 Å². The Morgan fingerprint density at radius 2 is 1.80 bits per heavy atom. The van der Waals surface area contributed by atoms with Crippen LogP contribution in [0.5, 0.6) is 5.75 Å². The van der Waals surface area contributed by atoms with Crippen molar-refractivity contribution < 1.29 is 14.3 Å². The zero-order chi connectivity index (χ0) is 13.8.